The molecule has 1 unspecified atom stereocenters. The number of hydrogen-bond donors (Lipinski definition) is 1. The van der Waals surface area contributed by atoms with Crippen LogP contribution in [0.15, 0.2) is 41.8 Å². The fourth-order valence-electron chi connectivity index (χ4n) is 1.61. The minimum Gasteiger partial charge on any atom is -0.212 e. The van der Waals surface area contributed by atoms with Gasteiger partial charge in [0, 0.05) is 4.88 Å². The molecule has 0 bridgehead atoms. The second-order valence-electron chi connectivity index (χ2n) is 3.84. The molecule has 0 fully saturated rings. The van der Waals surface area contributed by atoms with Gasteiger partial charge < -0.3 is 0 Å². The molecule has 0 aliphatic carbocycles. The van der Waals surface area contributed by atoms with Crippen LogP contribution >= 0.6 is 27.3 Å². The lowest BCUT2D eigenvalue weighted by Gasteiger charge is -2.17. The molecule has 3 nitrogen and oxygen atoms in total. The van der Waals surface area contributed by atoms with Crippen LogP contribution in [-0.4, -0.2) is 13.1 Å². The monoisotopic (exact) mass is 363 g/mol. The largest absolute Gasteiger partial charge is 0.222 e. The predicted molar refractivity (Wildman–Crippen MR) is 78.4 cm³/mol. The molecule has 1 N–H and O–H groups in total. The standard InChI is InChI=1S/C12H11BrFNO2S2/c13-8-19(16,17)15-12(11-2-1-7-18-11)9-3-5-10(14)6-4-9/h1-7,12,15H,8H2. The molecule has 0 aliphatic heterocycles. The summed E-state index contributed by atoms with van der Waals surface area (Å²) in [5, 5.41) is 1.87. The molecule has 0 aliphatic rings. The van der Waals surface area contributed by atoms with Crippen LogP contribution in [0.25, 0.3) is 0 Å². The average Bonchev–Trinajstić information content (AvgIpc) is 2.91. The van der Waals surface area contributed by atoms with Crippen LogP contribution < -0.4 is 4.72 Å². The van der Waals surface area contributed by atoms with E-state index < -0.39 is 16.1 Å². The lowest BCUT2D eigenvalue weighted by atomic mass is 10.1. The van der Waals surface area contributed by atoms with Crippen molar-refractivity contribution in [1.29, 1.82) is 0 Å². The van der Waals surface area contributed by atoms with Crippen molar-refractivity contribution in [1.82, 2.24) is 4.72 Å². The van der Waals surface area contributed by atoms with E-state index in [1.165, 1.54) is 23.5 Å². The van der Waals surface area contributed by atoms with Crippen molar-refractivity contribution < 1.29 is 12.8 Å². The van der Waals surface area contributed by atoms with E-state index in [4.69, 9.17) is 0 Å². The molecule has 102 valence electrons. The van der Waals surface area contributed by atoms with Gasteiger partial charge in [-0.3, -0.25) is 0 Å². The summed E-state index contributed by atoms with van der Waals surface area (Å²) in [6, 6.07) is 8.99. The zero-order valence-corrected chi connectivity index (χ0v) is 12.9. The van der Waals surface area contributed by atoms with E-state index in [-0.39, 0.29) is 10.5 Å². The Hall–Kier alpha value is -0.760. The van der Waals surface area contributed by atoms with Gasteiger partial charge in [-0.25, -0.2) is 17.5 Å². The molecule has 1 aromatic heterocycles. The van der Waals surface area contributed by atoms with Crippen LogP contribution in [0.1, 0.15) is 16.5 Å². The third kappa shape index (κ3) is 3.85. The maximum Gasteiger partial charge on any atom is 0.222 e. The molecule has 2 rings (SSSR count). The number of benzene rings is 1. The fraction of sp³-hybridized carbons (Fsp3) is 0.167. The molecule has 2 aromatic rings. The third-order valence-corrected chi connectivity index (χ3v) is 6.10. The molecule has 7 heteroatoms. The third-order valence-electron chi connectivity index (χ3n) is 2.47. The lowest BCUT2D eigenvalue weighted by molar-refractivity contribution is 0.578. The zero-order chi connectivity index (χ0) is 13.9. The normalized spacial score (nSPS) is 13.4. The summed E-state index contributed by atoms with van der Waals surface area (Å²) >= 11 is 4.39. The molecule has 0 saturated heterocycles. The van der Waals surface area contributed by atoms with E-state index in [9.17, 15) is 12.8 Å². The molecule has 1 aromatic carbocycles. The highest BCUT2D eigenvalue weighted by Crippen LogP contribution is 2.27. The van der Waals surface area contributed by atoms with Crippen molar-refractivity contribution in [2.45, 2.75) is 6.04 Å². The SMILES string of the molecule is O=S(=O)(CBr)NC(c1ccc(F)cc1)c1cccs1. The molecule has 0 radical (unpaired) electrons. The first-order valence-electron chi connectivity index (χ1n) is 5.36. The second-order valence-corrected chi connectivity index (χ2v) is 7.88. The zero-order valence-electron chi connectivity index (χ0n) is 9.71. The van der Waals surface area contributed by atoms with Crippen LogP contribution in [0.5, 0.6) is 0 Å². The number of hydrogen-bond acceptors (Lipinski definition) is 3. The highest BCUT2D eigenvalue weighted by atomic mass is 79.9. The van der Waals surface area contributed by atoms with Crippen molar-refractivity contribution in [2.24, 2.45) is 0 Å². The summed E-state index contributed by atoms with van der Waals surface area (Å²) in [4.78, 5) is 0.858. The Balaban J connectivity index is 2.38. The van der Waals surface area contributed by atoms with Gasteiger partial charge in [-0.05, 0) is 29.1 Å². The first-order chi connectivity index (χ1) is 9.02. The minimum absolute atomic E-state index is 0.178. The summed E-state index contributed by atoms with van der Waals surface area (Å²) in [6.07, 6.45) is 0. The number of thiophene rings is 1. The summed E-state index contributed by atoms with van der Waals surface area (Å²) in [6.45, 7) is 0. The number of nitrogens with one attached hydrogen (secondary N) is 1. The smallest absolute Gasteiger partial charge is 0.212 e. The first kappa shape index (κ1) is 14.6. The van der Waals surface area contributed by atoms with Crippen molar-refractivity contribution in [3.63, 3.8) is 0 Å². The van der Waals surface area contributed by atoms with Gasteiger partial charge in [0.2, 0.25) is 10.0 Å². The number of sulfonamides is 1. The highest BCUT2D eigenvalue weighted by Gasteiger charge is 2.21. The van der Waals surface area contributed by atoms with Gasteiger partial charge in [0.25, 0.3) is 0 Å². The second kappa shape index (κ2) is 6.13. The van der Waals surface area contributed by atoms with Gasteiger partial charge >= 0.3 is 0 Å². The molecule has 0 amide bonds. The Morgan fingerprint density at radius 1 is 1.26 bits per heavy atom. The first-order valence-corrected chi connectivity index (χ1v) is 9.02. The minimum atomic E-state index is -3.42. The number of alkyl halides is 1. The fourth-order valence-corrected chi connectivity index (χ4v) is 3.57. The molecule has 0 spiro atoms. The van der Waals surface area contributed by atoms with Crippen molar-refractivity contribution in [3.05, 3.63) is 58.0 Å². The Kier molecular flexibility index (Phi) is 4.72. The van der Waals surface area contributed by atoms with E-state index in [2.05, 4.69) is 20.7 Å². The van der Waals surface area contributed by atoms with Crippen molar-refractivity contribution >= 4 is 37.3 Å². The van der Waals surface area contributed by atoms with Crippen molar-refractivity contribution in [3.8, 4) is 0 Å². The Labute approximate surface area is 123 Å². The van der Waals surface area contributed by atoms with Gasteiger partial charge in [0.05, 0.1) is 6.04 Å². The summed E-state index contributed by atoms with van der Waals surface area (Å²) in [7, 11) is -3.42. The van der Waals surface area contributed by atoms with Crippen LogP contribution in [0, 0.1) is 5.82 Å². The Morgan fingerprint density at radius 2 is 1.95 bits per heavy atom. The van der Waals surface area contributed by atoms with Gasteiger partial charge in [0.1, 0.15) is 10.5 Å². The maximum atomic E-state index is 13.0. The quantitative estimate of drug-likeness (QED) is 0.828. The molecular weight excluding hydrogens is 353 g/mol. The van der Waals surface area contributed by atoms with Gasteiger partial charge in [-0.1, -0.05) is 34.1 Å². The van der Waals surface area contributed by atoms with Gasteiger partial charge in [-0.2, -0.15) is 0 Å². The van der Waals surface area contributed by atoms with Crippen LogP contribution in [-0.2, 0) is 10.0 Å². The van der Waals surface area contributed by atoms with E-state index in [1.807, 2.05) is 17.5 Å². The van der Waals surface area contributed by atoms with Crippen molar-refractivity contribution in [2.75, 3.05) is 4.66 Å². The van der Waals surface area contributed by atoms with E-state index in [0.29, 0.717) is 5.56 Å². The number of halogens is 2. The molecule has 0 saturated carbocycles. The van der Waals surface area contributed by atoms with Crippen LogP contribution in [0.4, 0.5) is 4.39 Å². The Morgan fingerprint density at radius 3 is 2.47 bits per heavy atom. The van der Waals surface area contributed by atoms with E-state index >= 15 is 0 Å². The predicted octanol–water partition coefficient (Wildman–Crippen LogP) is 3.25. The van der Waals surface area contributed by atoms with E-state index in [0.717, 1.165) is 4.88 Å². The Bertz CT molecular complexity index is 626. The molecule has 19 heavy (non-hydrogen) atoms. The molecule has 1 atom stereocenters. The maximum absolute atomic E-state index is 13.0. The molecule has 1 heterocycles. The number of rotatable bonds is 5. The lowest BCUT2D eigenvalue weighted by Crippen LogP contribution is -2.29. The van der Waals surface area contributed by atoms with Crippen LogP contribution in [0.2, 0.25) is 0 Å². The summed E-state index contributed by atoms with van der Waals surface area (Å²) in [5.74, 6) is -0.350. The molecular formula is C12H11BrFNO2S2. The van der Waals surface area contributed by atoms with Crippen LogP contribution in [0.3, 0.4) is 0 Å². The van der Waals surface area contributed by atoms with Gasteiger partial charge in [-0.15, -0.1) is 11.3 Å². The highest BCUT2D eigenvalue weighted by molar-refractivity contribution is 9.10. The van der Waals surface area contributed by atoms with Gasteiger partial charge in [0.15, 0.2) is 0 Å². The summed E-state index contributed by atoms with van der Waals surface area (Å²) in [5.41, 5.74) is 0.702. The summed E-state index contributed by atoms with van der Waals surface area (Å²) < 4.78 is 38.8. The van der Waals surface area contributed by atoms with E-state index in [1.54, 1.807) is 12.1 Å². The topological polar surface area (TPSA) is 46.2 Å². The average molecular weight is 364 g/mol.